The molecule has 0 aliphatic carbocycles. The van der Waals surface area contributed by atoms with Gasteiger partial charge in [0.05, 0.1) is 5.02 Å². The molecule has 2 aromatic rings. The first-order chi connectivity index (χ1) is 9.60. The molecule has 0 bridgehead atoms. The van der Waals surface area contributed by atoms with Crippen molar-refractivity contribution in [2.75, 3.05) is 0 Å². The molecule has 7 heteroatoms. The number of tetrazole rings is 1. The van der Waals surface area contributed by atoms with Crippen molar-refractivity contribution in [1.29, 1.82) is 0 Å². The Morgan fingerprint density at radius 2 is 2.20 bits per heavy atom. The van der Waals surface area contributed by atoms with E-state index in [9.17, 15) is 4.79 Å². The summed E-state index contributed by atoms with van der Waals surface area (Å²) in [6, 6.07) is 7.37. The van der Waals surface area contributed by atoms with Crippen LogP contribution in [0.3, 0.4) is 0 Å². The number of nitrogens with zero attached hydrogens (tertiary/aromatic N) is 4. The van der Waals surface area contributed by atoms with Gasteiger partial charge >= 0.3 is 0 Å². The molecule has 1 atom stereocenters. The van der Waals surface area contributed by atoms with Gasteiger partial charge < -0.3 is 5.32 Å². The first-order valence-corrected chi connectivity index (χ1v) is 6.80. The minimum Gasteiger partial charge on any atom is -0.352 e. The summed E-state index contributed by atoms with van der Waals surface area (Å²) in [5.74, 6) is 0.273. The smallest absolute Gasteiger partial charge is 0.243 e. The second kappa shape index (κ2) is 6.47. The zero-order valence-electron chi connectivity index (χ0n) is 11.4. The number of hydrogen-bond donors (Lipinski definition) is 1. The quantitative estimate of drug-likeness (QED) is 0.914. The Hall–Kier alpha value is -1.95. The fourth-order valence-electron chi connectivity index (χ4n) is 1.61. The number of amides is 1. The molecule has 1 N–H and O–H groups in total. The molecular weight excluding hydrogens is 278 g/mol. The van der Waals surface area contributed by atoms with Gasteiger partial charge in [0.25, 0.3) is 0 Å². The lowest BCUT2D eigenvalue weighted by molar-refractivity contribution is -0.122. The minimum atomic E-state index is -0.137. The Balaban J connectivity index is 2.06. The van der Waals surface area contributed by atoms with Crippen LogP contribution in [0, 0.1) is 0 Å². The first kappa shape index (κ1) is 14.5. The van der Waals surface area contributed by atoms with E-state index in [0.29, 0.717) is 16.4 Å². The van der Waals surface area contributed by atoms with Gasteiger partial charge in [-0.05, 0) is 30.7 Å². The van der Waals surface area contributed by atoms with Crippen LogP contribution in [0.2, 0.25) is 5.02 Å². The van der Waals surface area contributed by atoms with Crippen molar-refractivity contribution in [3.63, 3.8) is 0 Å². The van der Waals surface area contributed by atoms with E-state index in [4.69, 9.17) is 11.6 Å². The highest BCUT2D eigenvalue weighted by Gasteiger charge is 2.12. The van der Waals surface area contributed by atoms with Crippen LogP contribution < -0.4 is 5.32 Å². The third-order valence-electron chi connectivity index (χ3n) is 2.87. The average Bonchev–Trinajstić information content (AvgIpc) is 2.87. The van der Waals surface area contributed by atoms with Gasteiger partial charge in [-0.15, -0.1) is 10.2 Å². The maximum atomic E-state index is 11.7. The molecule has 20 heavy (non-hydrogen) atoms. The normalized spacial score (nSPS) is 12.2. The number of nitrogens with one attached hydrogen (secondary N) is 1. The zero-order chi connectivity index (χ0) is 14.5. The third kappa shape index (κ3) is 3.54. The van der Waals surface area contributed by atoms with Crippen LogP contribution in [-0.2, 0) is 11.3 Å². The average molecular weight is 294 g/mol. The largest absolute Gasteiger partial charge is 0.352 e. The summed E-state index contributed by atoms with van der Waals surface area (Å²) >= 11 is 6.07. The summed E-state index contributed by atoms with van der Waals surface area (Å²) in [4.78, 5) is 13.0. The van der Waals surface area contributed by atoms with Gasteiger partial charge in [-0.25, -0.2) is 0 Å². The van der Waals surface area contributed by atoms with Crippen LogP contribution in [0.4, 0.5) is 0 Å². The molecule has 1 aromatic carbocycles. The molecule has 2 rings (SSSR count). The molecule has 1 heterocycles. The molecule has 6 nitrogen and oxygen atoms in total. The molecule has 0 unspecified atom stereocenters. The Morgan fingerprint density at radius 1 is 1.45 bits per heavy atom. The van der Waals surface area contributed by atoms with Crippen LogP contribution in [0.1, 0.15) is 20.3 Å². The van der Waals surface area contributed by atoms with E-state index in [0.717, 1.165) is 6.42 Å². The number of benzene rings is 1. The number of hydrogen-bond acceptors (Lipinski definition) is 4. The Morgan fingerprint density at radius 3 is 2.90 bits per heavy atom. The summed E-state index contributed by atoms with van der Waals surface area (Å²) in [7, 11) is 0. The summed E-state index contributed by atoms with van der Waals surface area (Å²) in [5, 5.41) is 15.3. The molecule has 1 amide bonds. The maximum absolute atomic E-state index is 11.7. The first-order valence-electron chi connectivity index (χ1n) is 6.42. The van der Waals surface area contributed by atoms with Gasteiger partial charge in [0, 0.05) is 11.6 Å². The van der Waals surface area contributed by atoms with Crippen molar-refractivity contribution >= 4 is 17.5 Å². The second-order valence-electron chi connectivity index (χ2n) is 4.50. The molecule has 0 spiro atoms. The van der Waals surface area contributed by atoms with E-state index < -0.39 is 0 Å². The highest BCUT2D eigenvalue weighted by molar-refractivity contribution is 6.33. The van der Waals surface area contributed by atoms with Crippen molar-refractivity contribution in [3.8, 4) is 11.4 Å². The van der Waals surface area contributed by atoms with Crippen LogP contribution in [0.5, 0.6) is 0 Å². The molecule has 0 aliphatic heterocycles. The van der Waals surface area contributed by atoms with Crippen molar-refractivity contribution in [2.45, 2.75) is 32.9 Å². The van der Waals surface area contributed by atoms with E-state index in [-0.39, 0.29) is 18.5 Å². The molecule has 0 radical (unpaired) electrons. The van der Waals surface area contributed by atoms with Crippen molar-refractivity contribution < 1.29 is 4.79 Å². The number of carbonyl (C=O) groups excluding carboxylic acids is 1. The fraction of sp³-hybridized carbons (Fsp3) is 0.385. The standard InChI is InChI=1S/C13H16ClN5O/c1-3-9(2)15-12(20)8-19-17-13(16-18-19)10-6-4-5-7-11(10)14/h4-7,9H,3,8H2,1-2H3,(H,15,20)/t9-/m1/s1. The van der Waals surface area contributed by atoms with Gasteiger partial charge in [-0.1, -0.05) is 30.7 Å². The number of aromatic nitrogens is 4. The topological polar surface area (TPSA) is 72.7 Å². The summed E-state index contributed by atoms with van der Waals surface area (Å²) < 4.78 is 0. The third-order valence-corrected chi connectivity index (χ3v) is 3.20. The van der Waals surface area contributed by atoms with Gasteiger partial charge in [-0.3, -0.25) is 4.79 Å². The van der Waals surface area contributed by atoms with E-state index in [2.05, 4.69) is 20.7 Å². The monoisotopic (exact) mass is 293 g/mol. The molecule has 0 saturated heterocycles. The summed E-state index contributed by atoms with van der Waals surface area (Å²) in [6.07, 6.45) is 0.876. The van der Waals surface area contributed by atoms with Crippen molar-refractivity contribution in [1.82, 2.24) is 25.5 Å². The number of carbonyl (C=O) groups is 1. The van der Waals surface area contributed by atoms with Crippen LogP contribution in [0.15, 0.2) is 24.3 Å². The highest BCUT2D eigenvalue weighted by atomic mass is 35.5. The molecule has 1 aromatic heterocycles. The lowest BCUT2D eigenvalue weighted by atomic mass is 10.2. The van der Waals surface area contributed by atoms with E-state index >= 15 is 0 Å². The minimum absolute atomic E-state index is 0.0434. The van der Waals surface area contributed by atoms with E-state index in [1.807, 2.05) is 32.0 Å². The number of halogens is 1. The van der Waals surface area contributed by atoms with Crippen molar-refractivity contribution in [3.05, 3.63) is 29.3 Å². The zero-order valence-corrected chi connectivity index (χ0v) is 12.1. The highest BCUT2D eigenvalue weighted by Crippen LogP contribution is 2.23. The Labute approximate surface area is 122 Å². The number of rotatable bonds is 5. The van der Waals surface area contributed by atoms with Gasteiger partial charge in [-0.2, -0.15) is 4.80 Å². The predicted octanol–water partition coefficient (Wildman–Crippen LogP) is 1.91. The Kier molecular flexibility index (Phi) is 4.68. The van der Waals surface area contributed by atoms with E-state index in [1.54, 1.807) is 6.07 Å². The molecule has 0 aliphatic rings. The van der Waals surface area contributed by atoms with E-state index in [1.165, 1.54) is 4.80 Å². The second-order valence-corrected chi connectivity index (χ2v) is 4.91. The van der Waals surface area contributed by atoms with Gasteiger partial charge in [0.2, 0.25) is 11.7 Å². The molecular formula is C13H16ClN5O. The Bertz CT molecular complexity index is 598. The van der Waals surface area contributed by atoms with Crippen LogP contribution in [-0.4, -0.2) is 32.2 Å². The summed E-state index contributed by atoms with van der Waals surface area (Å²) in [6.45, 7) is 4.00. The lowest BCUT2D eigenvalue weighted by Crippen LogP contribution is -2.35. The lowest BCUT2D eigenvalue weighted by Gasteiger charge is -2.10. The molecule has 0 saturated carbocycles. The molecule has 0 fully saturated rings. The fourth-order valence-corrected chi connectivity index (χ4v) is 1.83. The van der Waals surface area contributed by atoms with Gasteiger partial charge in [0.1, 0.15) is 6.54 Å². The molecule has 106 valence electrons. The van der Waals surface area contributed by atoms with Crippen LogP contribution in [0.25, 0.3) is 11.4 Å². The van der Waals surface area contributed by atoms with Crippen molar-refractivity contribution in [2.24, 2.45) is 0 Å². The maximum Gasteiger partial charge on any atom is 0.243 e. The summed E-state index contributed by atoms with van der Waals surface area (Å²) in [5.41, 5.74) is 0.697. The van der Waals surface area contributed by atoms with Gasteiger partial charge in [0.15, 0.2) is 0 Å². The SMILES string of the molecule is CC[C@@H](C)NC(=O)Cn1nnc(-c2ccccc2Cl)n1. The van der Waals surface area contributed by atoms with Crippen LogP contribution >= 0.6 is 11.6 Å². The predicted molar refractivity (Wildman–Crippen MR) is 76.2 cm³/mol.